The van der Waals surface area contributed by atoms with E-state index in [4.69, 9.17) is 4.74 Å². The highest BCUT2D eigenvalue weighted by atomic mass is 79.9. The van der Waals surface area contributed by atoms with Gasteiger partial charge in [-0.15, -0.1) is 0 Å². The molecule has 0 aromatic carbocycles. The fraction of sp³-hybridized carbons (Fsp3) is 0.455. The molecule has 1 aromatic rings. The summed E-state index contributed by atoms with van der Waals surface area (Å²) in [5.74, 6) is 0.358. The van der Waals surface area contributed by atoms with Gasteiger partial charge in [0.05, 0.1) is 12.6 Å². The summed E-state index contributed by atoms with van der Waals surface area (Å²) in [7, 11) is 0. The van der Waals surface area contributed by atoms with E-state index >= 15 is 0 Å². The summed E-state index contributed by atoms with van der Waals surface area (Å²) in [6.07, 6.45) is 1.23. The first-order valence-electron chi connectivity index (χ1n) is 5.41. The highest BCUT2D eigenvalue weighted by molar-refractivity contribution is 9.10. The largest absolute Gasteiger partial charge is 0.475 e. The molecule has 2 aliphatic rings. The fourth-order valence-corrected chi connectivity index (χ4v) is 2.67. The standard InChI is InChI=1S/C11H11BrN2O3/c12-7-1-6-4-14-8(2-9(15)11(14)16)5-17-10(6)13-3-7/h1,3,8-9,15H,2,4-5H2/t8-,9+/m0/s1. The average Bonchev–Trinajstić information content (AvgIpc) is 2.49. The summed E-state index contributed by atoms with van der Waals surface area (Å²) in [5.41, 5.74) is 0.865. The lowest BCUT2D eigenvalue weighted by Gasteiger charge is -2.20. The molecule has 1 amide bonds. The molecule has 1 fully saturated rings. The van der Waals surface area contributed by atoms with Crippen LogP contribution in [0.2, 0.25) is 0 Å². The smallest absolute Gasteiger partial charge is 0.252 e. The highest BCUT2D eigenvalue weighted by Crippen LogP contribution is 2.30. The first-order valence-corrected chi connectivity index (χ1v) is 6.20. The third kappa shape index (κ3) is 1.81. The minimum Gasteiger partial charge on any atom is -0.475 e. The van der Waals surface area contributed by atoms with Crippen molar-refractivity contribution in [1.29, 1.82) is 0 Å². The van der Waals surface area contributed by atoms with Gasteiger partial charge in [0.25, 0.3) is 5.91 Å². The number of halogens is 1. The maximum absolute atomic E-state index is 11.8. The number of hydrogen-bond donors (Lipinski definition) is 1. The number of aliphatic hydroxyl groups is 1. The average molecular weight is 299 g/mol. The molecule has 3 heterocycles. The van der Waals surface area contributed by atoms with Crippen LogP contribution in [0.1, 0.15) is 12.0 Å². The van der Waals surface area contributed by atoms with Crippen LogP contribution >= 0.6 is 15.9 Å². The first kappa shape index (κ1) is 11.0. The number of nitrogens with zero attached hydrogens (tertiary/aromatic N) is 2. The van der Waals surface area contributed by atoms with Crippen molar-refractivity contribution >= 4 is 21.8 Å². The molecule has 0 bridgehead atoms. The van der Waals surface area contributed by atoms with Crippen molar-refractivity contribution in [2.24, 2.45) is 0 Å². The van der Waals surface area contributed by atoms with Crippen molar-refractivity contribution in [1.82, 2.24) is 9.88 Å². The Hall–Kier alpha value is -1.14. The topological polar surface area (TPSA) is 62.7 Å². The molecule has 90 valence electrons. The summed E-state index contributed by atoms with van der Waals surface area (Å²) >= 11 is 3.34. The lowest BCUT2D eigenvalue weighted by molar-refractivity contribution is -0.135. The Balaban J connectivity index is 1.96. The molecular weight excluding hydrogens is 288 g/mol. The molecule has 1 aromatic heterocycles. The second kappa shape index (κ2) is 3.96. The van der Waals surface area contributed by atoms with Gasteiger partial charge in [-0.05, 0) is 22.0 Å². The zero-order valence-corrected chi connectivity index (χ0v) is 10.6. The predicted octanol–water partition coefficient (Wildman–Crippen LogP) is 0.698. The minimum absolute atomic E-state index is 0.0505. The Kier molecular flexibility index (Phi) is 2.56. The number of pyridine rings is 1. The van der Waals surface area contributed by atoms with E-state index in [0.29, 0.717) is 25.5 Å². The van der Waals surface area contributed by atoms with Crippen LogP contribution in [0.5, 0.6) is 5.88 Å². The minimum atomic E-state index is -0.884. The van der Waals surface area contributed by atoms with Crippen LogP contribution in [0, 0.1) is 0 Å². The number of carbonyl (C=O) groups is 1. The SMILES string of the molecule is O=C1[C@H](O)C[C@H]2COc3ncc(Br)cc3CN12. The zero-order valence-electron chi connectivity index (χ0n) is 8.97. The van der Waals surface area contributed by atoms with Crippen LogP contribution in [0.4, 0.5) is 0 Å². The van der Waals surface area contributed by atoms with Crippen molar-refractivity contribution in [3.05, 3.63) is 22.3 Å². The number of rotatable bonds is 0. The van der Waals surface area contributed by atoms with E-state index in [9.17, 15) is 9.90 Å². The number of aliphatic hydroxyl groups excluding tert-OH is 1. The van der Waals surface area contributed by atoms with Crippen LogP contribution in [0.15, 0.2) is 16.7 Å². The Labute approximate surface area is 107 Å². The summed E-state index contributed by atoms with van der Waals surface area (Å²) in [4.78, 5) is 17.6. The lowest BCUT2D eigenvalue weighted by atomic mass is 10.2. The Morgan fingerprint density at radius 2 is 2.41 bits per heavy atom. The summed E-state index contributed by atoms with van der Waals surface area (Å²) in [5, 5.41) is 9.55. The van der Waals surface area contributed by atoms with Crippen molar-refractivity contribution < 1.29 is 14.6 Å². The maximum atomic E-state index is 11.8. The zero-order chi connectivity index (χ0) is 12.0. The normalized spacial score (nSPS) is 27.2. The maximum Gasteiger partial charge on any atom is 0.252 e. The number of hydrogen-bond acceptors (Lipinski definition) is 4. The monoisotopic (exact) mass is 298 g/mol. The molecule has 1 saturated heterocycles. The van der Waals surface area contributed by atoms with Gasteiger partial charge in [0.1, 0.15) is 12.7 Å². The molecule has 0 unspecified atom stereocenters. The van der Waals surface area contributed by atoms with Crippen LogP contribution in [-0.2, 0) is 11.3 Å². The molecule has 2 atom stereocenters. The molecule has 0 spiro atoms. The van der Waals surface area contributed by atoms with E-state index in [0.717, 1.165) is 10.0 Å². The van der Waals surface area contributed by atoms with E-state index in [2.05, 4.69) is 20.9 Å². The molecule has 17 heavy (non-hydrogen) atoms. The molecule has 5 nitrogen and oxygen atoms in total. The molecule has 0 aliphatic carbocycles. The van der Waals surface area contributed by atoms with Crippen molar-refractivity contribution in [2.75, 3.05) is 6.61 Å². The summed E-state index contributed by atoms with van der Waals surface area (Å²) < 4.78 is 6.43. The molecule has 0 saturated carbocycles. The van der Waals surface area contributed by atoms with Crippen molar-refractivity contribution in [2.45, 2.75) is 25.1 Å². The van der Waals surface area contributed by atoms with Gasteiger partial charge in [0, 0.05) is 22.7 Å². The van der Waals surface area contributed by atoms with Gasteiger partial charge in [0.2, 0.25) is 5.88 Å². The van der Waals surface area contributed by atoms with Gasteiger partial charge in [-0.25, -0.2) is 4.98 Å². The Bertz CT molecular complexity index is 480. The molecule has 2 aliphatic heterocycles. The summed E-state index contributed by atoms with van der Waals surface area (Å²) in [6, 6.07) is 1.84. The number of amides is 1. The van der Waals surface area contributed by atoms with Crippen LogP contribution < -0.4 is 4.74 Å². The van der Waals surface area contributed by atoms with Crippen LogP contribution in [0.3, 0.4) is 0 Å². The molecule has 6 heteroatoms. The number of carbonyl (C=O) groups excluding carboxylic acids is 1. The van der Waals surface area contributed by atoms with E-state index < -0.39 is 6.10 Å². The van der Waals surface area contributed by atoms with E-state index in [1.807, 2.05) is 6.07 Å². The summed E-state index contributed by atoms with van der Waals surface area (Å²) in [6.45, 7) is 0.840. The van der Waals surface area contributed by atoms with Crippen molar-refractivity contribution in [3.63, 3.8) is 0 Å². The van der Waals surface area contributed by atoms with E-state index in [-0.39, 0.29) is 11.9 Å². The highest BCUT2D eigenvalue weighted by Gasteiger charge is 2.40. The van der Waals surface area contributed by atoms with Gasteiger partial charge in [-0.3, -0.25) is 4.79 Å². The van der Waals surface area contributed by atoms with Gasteiger partial charge in [-0.1, -0.05) is 0 Å². The number of aromatic nitrogens is 1. The van der Waals surface area contributed by atoms with Gasteiger partial charge in [0.15, 0.2) is 0 Å². The Morgan fingerprint density at radius 1 is 1.59 bits per heavy atom. The third-order valence-corrected chi connectivity index (χ3v) is 3.58. The Morgan fingerprint density at radius 3 is 3.24 bits per heavy atom. The van der Waals surface area contributed by atoms with Crippen LogP contribution in [0.25, 0.3) is 0 Å². The quantitative estimate of drug-likeness (QED) is 0.766. The third-order valence-electron chi connectivity index (χ3n) is 3.15. The predicted molar refractivity (Wildman–Crippen MR) is 62.4 cm³/mol. The van der Waals surface area contributed by atoms with E-state index in [1.54, 1.807) is 11.1 Å². The van der Waals surface area contributed by atoms with E-state index in [1.165, 1.54) is 0 Å². The van der Waals surface area contributed by atoms with Crippen molar-refractivity contribution in [3.8, 4) is 5.88 Å². The van der Waals surface area contributed by atoms with Crippen LogP contribution in [-0.4, -0.2) is 39.7 Å². The second-order valence-electron chi connectivity index (χ2n) is 4.30. The number of ether oxygens (including phenoxy) is 1. The first-order chi connectivity index (χ1) is 8.15. The number of fused-ring (bicyclic) bond motifs is 2. The fourth-order valence-electron chi connectivity index (χ4n) is 2.29. The van der Waals surface area contributed by atoms with Gasteiger partial charge >= 0.3 is 0 Å². The molecular formula is C11H11BrN2O3. The lowest BCUT2D eigenvalue weighted by Crippen LogP contribution is -2.35. The second-order valence-corrected chi connectivity index (χ2v) is 5.22. The molecule has 0 radical (unpaired) electrons. The molecule has 3 rings (SSSR count). The van der Waals surface area contributed by atoms with Gasteiger partial charge < -0.3 is 14.7 Å². The van der Waals surface area contributed by atoms with Gasteiger partial charge in [-0.2, -0.15) is 0 Å². The molecule has 1 N–H and O–H groups in total.